The summed E-state index contributed by atoms with van der Waals surface area (Å²) in [5.41, 5.74) is 0.774. The highest BCUT2D eigenvalue weighted by atomic mass is 35.5. The van der Waals surface area contributed by atoms with Crippen molar-refractivity contribution in [2.75, 3.05) is 6.54 Å². The molecular formula is C17H24Cl2N2O2. The molecule has 0 aromatic heterocycles. The lowest BCUT2D eigenvalue weighted by Crippen LogP contribution is -2.47. The first-order valence-corrected chi connectivity index (χ1v) is 8.67. The number of hydrogen-bond acceptors (Lipinski definition) is 2. The normalized spacial score (nSPS) is 11.9. The fraction of sp³-hybridized carbons (Fsp3) is 0.529. The summed E-state index contributed by atoms with van der Waals surface area (Å²) in [7, 11) is 0. The van der Waals surface area contributed by atoms with Crippen molar-refractivity contribution >= 4 is 35.0 Å². The third kappa shape index (κ3) is 6.04. The summed E-state index contributed by atoms with van der Waals surface area (Å²) in [6, 6.07) is 4.61. The van der Waals surface area contributed by atoms with Crippen molar-refractivity contribution in [2.24, 2.45) is 0 Å². The lowest BCUT2D eigenvalue weighted by Gasteiger charge is -2.29. The first-order valence-electron chi connectivity index (χ1n) is 7.91. The molecule has 2 amide bonds. The molecule has 128 valence electrons. The number of rotatable bonds is 8. The van der Waals surface area contributed by atoms with Crippen molar-refractivity contribution in [1.82, 2.24) is 10.2 Å². The maximum atomic E-state index is 12.4. The second-order valence-electron chi connectivity index (χ2n) is 5.47. The van der Waals surface area contributed by atoms with Crippen molar-refractivity contribution in [3.05, 3.63) is 33.8 Å². The van der Waals surface area contributed by atoms with E-state index in [-0.39, 0.29) is 18.4 Å². The van der Waals surface area contributed by atoms with Gasteiger partial charge < -0.3 is 10.2 Å². The highest BCUT2D eigenvalue weighted by Gasteiger charge is 2.25. The Balaban J connectivity index is 2.95. The zero-order chi connectivity index (χ0) is 17.4. The van der Waals surface area contributed by atoms with Gasteiger partial charge in [-0.05, 0) is 37.5 Å². The van der Waals surface area contributed by atoms with Gasteiger partial charge >= 0.3 is 0 Å². The zero-order valence-corrected chi connectivity index (χ0v) is 15.4. The van der Waals surface area contributed by atoms with Crippen LogP contribution in [-0.2, 0) is 16.1 Å². The van der Waals surface area contributed by atoms with Crippen molar-refractivity contribution in [1.29, 1.82) is 0 Å². The Morgan fingerprint density at radius 1 is 1.22 bits per heavy atom. The van der Waals surface area contributed by atoms with Crippen LogP contribution in [0.4, 0.5) is 0 Å². The van der Waals surface area contributed by atoms with Crippen LogP contribution in [0.25, 0.3) is 0 Å². The molecule has 0 saturated carbocycles. The number of carbonyl (C=O) groups is 2. The van der Waals surface area contributed by atoms with Crippen LogP contribution in [0.5, 0.6) is 0 Å². The standard InChI is InChI=1S/C17H24Cl2N2O2/c1-4-6-16(22)21(12(3)17(23)20-9-5-2)11-13-7-8-14(18)10-15(13)19/h7-8,10,12H,4-6,9,11H2,1-3H3,(H,20,23)/t12-/m1/s1. The van der Waals surface area contributed by atoms with Crippen LogP contribution >= 0.6 is 23.2 Å². The fourth-order valence-electron chi connectivity index (χ4n) is 2.17. The lowest BCUT2D eigenvalue weighted by molar-refractivity contribution is -0.140. The molecule has 1 rings (SSSR count). The minimum atomic E-state index is -0.549. The van der Waals surface area contributed by atoms with Gasteiger partial charge in [0.05, 0.1) is 0 Å². The monoisotopic (exact) mass is 358 g/mol. The molecule has 0 radical (unpaired) electrons. The molecule has 4 nitrogen and oxygen atoms in total. The molecule has 0 aliphatic rings. The van der Waals surface area contributed by atoms with Gasteiger partial charge in [-0.15, -0.1) is 0 Å². The van der Waals surface area contributed by atoms with Gasteiger partial charge in [0.15, 0.2) is 0 Å². The highest BCUT2D eigenvalue weighted by molar-refractivity contribution is 6.35. The molecular weight excluding hydrogens is 335 g/mol. The molecule has 0 saturated heterocycles. The summed E-state index contributed by atoms with van der Waals surface area (Å²) in [5.74, 6) is -0.209. The van der Waals surface area contributed by atoms with Crippen molar-refractivity contribution in [3.63, 3.8) is 0 Å². The van der Waals surface area contributed by atoms with Gasteiger partial charge in [-0.25, -0.2) is 0 Å². The Bertz CT molecular complexity index is 549. The van der Waals surface area contributed by atoms with E-state index in [0.29, 0.717) is 23.0 Å². The van der Waals surface area contributed by atoms with Crippen molar-refractivity contribution in [3.8, 4) is 0 Å². The molecule has 0 unspecified atom stereocenters. The van der Waals surface area contributed by atoms with Gasteiger partial charge in [-0.1, -0.05) is 43.1 Å². The second-order valence-corrected chi connectivity index (χ2v) is 6.32. The number of halogens is 2. The average Bonchev–Trinajstić information content (AvgIpc) is 2.51. The Hall–Kier alpha value is -1.26. The van der Waals surface area contributed by atoms with Crippen LogP contribution in [0.3, 0.4) is 0 Å². The van der Waals surface area contributed by atoms with Gasteiger partial charge in [-0.2, -0.15) is 0 Å². The van der Waals surface area contributed by atoms with E-state index in [9.17, 15) is 9.59 Å². The molecule has 6 heteroatoms. The van der Waals surface area contributed by atoms with E-state index in [1.54, 1.807) is 30.0 Å². The van der Waals surface area contributed by atoms with Crippen LogP contribution in [0.15, 0.2) is 18.2 Å². The maximum absolute atomic E-state index is 12.4. The Kier molecular flexibility index (Phi) is 8.42. The summed E-state index contributed by atoms with van der Waals surface area (Å²) >= 11 is 12.1. The lowest BCUT2D eigenvalue weighted by atomic mass is 10.1. The number of amides is 2. The largest absolute Gasteiger partial charge is 0.354 e. The second kappa shape index (κ2) is 9.78. The van der Waals surface area contributed by atoms with E-state index in [1.165, 1.54) is 0 Å². The van der Waals surface area contributed by atoms with E-state index in [0.717, 1.165) is 18.4 Å². The minimum absolute atomic E-state index is 0.0577. The van der Waals surface area contributed by atoms with Crippen molar-refractivity contribution < 1.29 is 9.59 Å². The summed E-state index contributed by atoms with van der Waals surface area (Å²) in [6.45, 7) is 6.55. The zero-order valence-electron chi connectivity index (χ0n) is 13.9. The average molecular weight is 359 g/mol. The number of nitrogens with one attached hydrogen (secondary N) is 1. The summed E-state index contributed by atoms with van der Waals surface area (Å²) < 4.78 is 0. The molecule has 1 atom stereocenters. The Labute approximate surface area is 148 Å². The van der Waals surface area contributed by atoms with E-state index in [4.69, 9.17) is 23.2 Å². The Morgan fingerprint density at radius 3 is 2.48 bits per heavy atom. The number of carbonyl (C=O) groups excluding carboxylic acids is 2. The summed E-state index contributed by atoms with van der Waals surface area (Å²) in [5, 5.41) is 3.87. The number of hydrogen-bond donors (Lipinski definition) is 1. The van der Waals surface area contributed by atoms with E-state index >= 15 is 0 Å². The molecule has 0 spiro atoms. The highest BCUT2D eigenvalue weighted by Crippen LogP contribution is 2.23. The van der Waals surface area contributed by atoms with Crippen LogP contribution in [0.2, 0.25) is 10.0 Å². The first kappa shape index (κ1) is 19.8. The third-order valence-electron chi connectivity index (χ3n) is 3.54. The summed E-state index contributed by atoms with van der Waals surface area (Å²) in [4.78, 5) is 26.2. The smallest absolute Gasteiger partial charge is 0.242 e. The quantitative estimate of drug-likeness (QED) is 0.762. The van der Waals surface area contributed by atoms with Crippen LogP contribution in [0, 0.1) is 0 Å². The molecule has 23 heavy (non-hydrogen) atoms. The molecule has 1 aromatic rings. The predicted octanol–water partition coefficient (Wildman–Crippen LogP) is 4.04. The van der Waals surface area contributed by atoms with E-state index < -0.39 is 6.04 Å². The SMILES string of the molecule is CCCNC(=O)[C@@H](C)N(Cc1ccc(Cl)cc1Cl)C(=O)CCC. The Morgan fingerprint density at radius 2 is 1.91 bits per heavy atom. The predicted molar refractivity (Wildman–Crippen MR) is 94.7 cm³/mol. The number of nitrogens with zero attached hydrogens (tertiary/aromatic N) is 1. The fourth-order valence-corrected chi connectivity index (χ4v) is 2.64. The topological polar surface area (TPSA) is 49.4 Å². The molecule has 0 fully saturated rings. The number of benzene rings is 1. The van der Waals surface area contributed by atoms with Gasteiger partial charge in [0, 0.05) is 29.6 Å². The van der Waals surface area contributed by atoms with E-state index in [2.05, 4.69) is 5.32 Å². The first-order chi connectivity index (χ1) is 10.9. The van der Waals surface area contributed by atoms with Crippen molar-refractivity contribution in [2.45, 2.75) is 52.6 Å². The molecule has 0 heterocycles. The minimum Gasteiger partial charge on any atom is -0.354 e. The van der Waals surface area contributed by atoms with E-state index in [1.807, 2.05) is 13.8 Å². The third-order valence-corrected chi connectivity index (χ3v) is 4.12. The van der Waals surface area contributed by atoms with Crippen LogP contribution in [-0.4, -0.2) is 29.3 Å². The van der Waals surface area contributed by atoms with Gasteiger partial charge in [0.1, 0.15) is 6.04 Å². The molecule has 0 bridgehead atoms. The van der Waals surface area contributed by atoms with Gasteiger partial charge in [0.2, 0.25) is 11.8 Å². The summed E-state index contributed by atoms with van der Waals surface area (Å²) in [6.07, 6.45) is 1.98. The molecule has 1 aromatic carbocycles. The molecule has 0 aliphatic heterocycles. The van der Waals surface area contributed by atoms with Gasteiger partial charge in [0.25, 0.3) is 0 Å². The maximum Gasteiger partial charge on any atom is 0.242 e. The van der Waals surface area contributed by atoms with Gasteiger partial charge in [-0.3, -0.25) is 9.59 Å². The molecule has 0 aliphatic carbocycles. The molecule has 1 N–H and O–H groups in total. The van der Waals surface area contributed by atoms with Crippen LogP contribution < -0.4 is 5.32 Å². The van der Waals surface area contributed by atoms with Crippen LogP contribution in [0.1, 0.15) is 45.6 Å².